The van der Waals surface area contributed by atoms with Gasteiger partial charge in [0.15, 0.2) is 0 Å². The van der Waals surface area contributed by atoms with Crippen LogP contribution in [-0.2, 0) is 4.74 Å². The molecule has 96 valence electrons. The Kier molecular flexibility index (Phi) is 6.41. The van der Waals surface area contributed by atoms with Crippen LogP contribution in [0.3, 0.4) is 0 Å². The molecule has 0 saturated carbocycles. The van der Waals surface area contributed by atoms with Crippen LogP contribution in [0.5, 0.6) is 0 Å². The lowest BCUT2D eigenvalue weighted by Gasteiger charge is -2.24. The molecule has 0 heterocycles. The van der Waals surface area contributed by atoms with Crippen LogP contribution in [0.25, 0.3) is 0 Å². The Morgan fingerprint density at radius 1 is 1.38 bits per heavy atom. The molecule has 1 unspecified atom stereocenters. The molecular weight excluding hydrogens is 204 g/mol. The maximum Gasteiger partial charge on any atom is 0.144 e. The largest absolute Gasteiger partial charge is 0.409 e. The number of rotatable bonds is 7. The van der Waals surface area contributed by atoms with E-state index in [2.05, 4.69) is 25.9 Å². The monoisotopic (exact) mass is 230 g/mol. The maximum absolute atomic E-state index is 8.62. The highest BCUT2D eigenvalue weighted by Gasteiger charge is 2.23. The van der Waals surface area contributed by atoms with Gasteiger partial charge in [-0.15, -0.1) is 0 Å². The first kappa shape index (κ1) is 15.2. The third kappa shape index (κ3) is 5.95. The standard InChI is InChI=1S/C12H26N2O2/c1-9(2)8-10(3)16-7-6-12(4,5)11(13)14-15/h9-10,15H,6-8H2,1-5H3,(H2,13,14). The van der Waals surface area contributed by atoms with Crippen molar-refractivity contribution in [3.8, 4) is 0 Å². The Morgan fingerprint density at radius 3 is 2.38 bits per heavy atom. The van der Waals surface area contributed by atoms with E-state index in [-0.39, 0.29) is 17.4 Å². The second-order valence-corrected chi connectivity index (χ2v) is 5.43. The van der Waals surface area contributed by atoms with E-state index in [1.54, 1.807) is 0 Å². The van der Waals surface area contributed by atoms with Gasteiger partial charge >= 0.3 is 0 Å². The lowest BCUT2D eigenvalue weighted by Crippen LogP contribution is -2.33. The van der Waals surface area contributed by atoms with Gasteiger partial charge in [-0.2, -0.15) is 0 Å². The molecule has 4 heteroatoms. The fraction of sp³-hybridized carbons (Fsp3) is 0.917. The van der Waals surface area contributed by atoms with Crippen molar-refractivity contribution in [1.82, 2.24) is 0 Å². The summed E-state index contributed by atoms with van der Waals surface area (Å²) in [7, 11) is 0. The number of nitrogens with zero attached hydrogens (tertiary/aromatic N) is 1. The van der Waals surface area contributed by atoms with Gasteiger partial charge in [0.2, 0.25) is 0 Å². The van der Waals surface area contributed by atoms with Gasteiger partial charge < -0.3 is 15.7 Å². The minimum atomic E-state index is -0.313. The fourth-order valence-corrected chi connectivity index (χ4v) is 1.51. The van der Waals surface area contributed by atoms with E-state index in [1.807, 2.05) is 13.8 Å². The van der Waals surface area contributed by atoms with E-state index < -0.39 is 0 Å². The van der Waals surface area contributed by atoms with Gasteiger partial charge in [0.05, 0.1) is 6.10 Å². The van der Waals surface area contributed by atoms with Gasteiger partial charge in [-0.25, -0.2) is 0 Å². The van der Waals surface area contributed by atoms with E-state index in [0.717, 1.165) is 12.8 Å². The molecule has 0 spiro atoms. The van der Waals surface area contributed by atoms with Crippen LogP contribution in [-0.4, -0.2) is 23.8 Å². The molecule has 0 radical (unpaired) electrons. The number of hydrogen-bond acceptors (Lipinski definition) is 3. The molecule has 0 rings (SSSR count). The molecule has 0 amide bonds. The van der Waals surface area contributed by atoms with Crippen molar-refractivity contribution in [1.29, 1.82) is 0 Å². The minimum absolute atomic E-state index is 0.257. The first-order valence-electron chi connectivity index (χ1n) is 5.89. The Morgan fingerprint density at radius 2 is 1.94 bits per heavy atom. The van der Waals surface area contributed by atoms with Gasteiger partial charge in [0.25, 0.3) is 0 Å². The molecule has 0 aromatic heterocycles. The summed E-state index contributed by atoms with van der Waals surface area (Å²) < 4.78 is 5.69. The van der Waals surface area contributed by atoms with E-state index in [9.17, 15) is 0 Å². The molecule has 0 aromatic rings. The van der Waals surface area contributed by atoms with Crippen LogP contribution in [0.2, 0.25) is 0 Å². The average molecular weight is 230 g/mol. The lowest BCUT2D eigenvalue weighted by molar-refractivity contribution is 0.0412. The van der Waals surface area contributed by atoms with Crippen molar-refractivity contribution in [3.63, 3.8) is 0 Å². The van der Waals surface area contributed by atoms with Crippen molar-refractivity contribution in [2.45, 2.75) is 53.6 Å². The van der Waals surface area contributed by atoms with E-state index in [0.29, 0.717) is 12.5 Å². The number of ether oxygens (including phenoxy) is 1. The second kappa shape index (κ2) is 6.74. The van der Waals surface area contributed by atoms with Crippen LogP contribution in [0.1, 0.15) is 47.5 Å². The molecule has 0 aliphatic rings. The number of hydrogen-bond donors (Lipinski definition) is 2. The molecule has 3 N–H and O–H groups in total. The highest BCUT2D eigenvalue weighted by molar-refractivity contribution is 5.85. The molecule has 16 heavy (non-hydrogen) atoms. The molecule has 0 aromatic carbocycles. The summed E-state index contributed by atoms with van der Waals surface area (Å²) in [6, 6.07) is 0. The molecule has 0 aliphatic carbocycles. The third-order valence-corrected chi connectivity index (χ3v) is 2.73. The molecule has 0 saturated heterocycles. The molecule has 0 fully saturated rings. The van der Waals surface area contributed by atoms with E-state index >= 15 is 0 Å². The van der Waals surface area contributed by atoms with Gasteiger partial charge in [0, 0.05) is 12.0 Å². The SMILES string of the molecule is CC(C)CC(C)OCCC(C)(C)C(N)=NO. The summed E-state index contributed by atoms with van der Waals surface area (Å²) in [6.45, 7) is 11.0. The summed E-state index contributed by atoms with van der Waals surface area (Å²) in [5.74, 6) is 0.902. The van der Waals surface area contributed by atoms with Crippen molar-refractivity contribution < 1.29 is 9.94 Å². The summed E-state index contributed by atoms with van der Waals surface area (Å²) in [4.78, 5) is 0. The fourth-order valence-electron chi connectivity index (χ4n) is 1.51. The van der Waals surface area contributed by atoms with Crippen molar-refractivity contribution in [2.75, 3.05) is 6.61 Å². The quantitative estimate of drug-likeness (QED) is 0.306. The van der Waals surface area contributed by atoms with Crippen molar-refractivity contribution in [2.24, 2.45) is 22.2 Å². The maximum atomic E-state index is 8.62. The highest BCUT2D eigenvalue weighted by Crippen LogP contribution is 2.21. The zero-order valence-electron chi connectivity index (χ0n) is 11.2. The summed E-state index contributed by atoms with van der Waals surface area (Å²) in [6.07, 6.45) is 2.08. The van der Waals surface area contributed by atoms with E-state index in [4.69, 9.17) is 15.7 Å². The zero-order valence-corrected chi connectivity index (χ0v) is 11.2. The molecule has 4 nitrogen and oxygen atoms in total. The predicted molar refractivity (Wildman–Crippen MR) is 66.7 cm³/mol. The van der Waals surface area contributed by atoms with Gasteiger partial charge in [-0.1, -0.05) is 32.9 Å². The van der Waals surface area contributed by atoms with Gasteiger partial charge in [-0.3, -0.25) is 0 Å². The van der Waals surface area contributed by atoms with Crippen LogP contribution in [0.15, 0.2) is 5.16 Å². The highest BCUT2D eigenvalue weighted by atomic mass is 16.5. The lowest BCUT2D eigenvalue weighted by atomic mass is 9.88. The van der Waals surface area contributed by atoms with Crippen LogP contribution in [0.4, 0.5) is 0 Å². The Hall–Kier alpha value is -0.770. The number of oxime groups is 1. The Balaban J connectivity index is 3.89. The van der Waals surface area contributed by atoms with Crippen LogP contribution >= 0.6 is 0 Å². The third-order valence-electron chi connectivity index (χ3n) is 2.73. The Bertz CT molecular complexity index is 225. The predicted octanol–water partition coefficient (Wildman–Crippen LogP) is 2.60. The summed E-state index contributed by atoms with van der Waals surface area (Å²) >= 11 is 0. The normalized spacial score (nSPS) is 15.5. The Labute approximate surface area is 98.9 Å². The molecule has 1 atom stereocenters. The number of amidine groups is 1. The smallest absolute Gasteiger partial charge is 0.144 e. The topological polar surface area (TPSA) is 67.8 Å². The van der Waals surface area contributed by atoms with Crippen molar-refractivity contribution in [3.05, 3.63) is 0 Å². The summed E-state index contributed by atoms with van der Waals surface area (Å²) in [5.41, 5.74) is 5.28. The summed E-state index contributed by atoms with van der Waals surface area (Å²) in [5, 5.41) is 11.7. The zero-order chi connectivity index (χ0) is 12.8. The molecular formula is C12H26N2O2. The van der Waals surface area contributed by atoms with E-state index in [1.165, 1.54) is 0 Å². The average Bonchev–Trinajstić information content (AvgIpc) is 2.14. The number of nitrogens with two attached hydrogens (primary N) is 1. The minimum Gasteiger partial charge on any atom is -0.409 e. The van der Waals surface area contributed by atoms with Gasteiger partial charge in [-0.05, 0) is 25.7 Å². The van der Waals surface area contributed by atoms with Crippen LogP contribution < -0.4 is 5.73 Å². The second-order valence-electron chi connectivity index (χ2n) is 5.43. The first-order valence-corrected chi connectivity index (χ1v) is 5.89. The first-order chi connectivity index (χ1) is 7.29. The van der Waals surface area contributed by atoms with Gasteiger partial charge in [0.1, 0.15) is 5.84 Å². The van der Waals surface area contributed by atoms with Crippen molar-refractivity contribution >= 4 is 5.84 Å². The molecule has 0 aliphatic heterocycles. The van der Waals surface area contributed by atoms with Crippen LogP contribution in [0, 0.1) is 11.3 Å². The molecule has 0 bridgehead atoms.